The van der Waals surface area contributed by atoms with E-state index in [1.165, 1.54) is 12.3 Å². The minimum absolute atomic E-state index is 0.0389. The Morgan fingerprint density at radius 3 is 2.73 bits per heavy atom. The molecule has 0 aliphatic carbocycles. The van der Waals surface area contributed by atoms with Gasteiger partial charge in [-0.3, -0.25) is 0 Å². The summed E-state index contributed by atoms with van der Waals surface area (Å²) >= 11 is 0. The molecule has 0 atom stereocenters. The average Bonchev–Trinajstić information content (AvgIpc) is 2.86. The Hall–Kier alpha value is -2.35. The average molecular weight is 323 g/mol. The zero-order chi connectivity index (χ0) is 16.3. The van der Waals surface area contributed by atoms with Crippen LogP contribution in [-0.2, 0) is 14.8 Å². The molecule has 0 saturated heterocycles. The van der Waals surface area contributed by atoms with Gasteiger partial charge < -0.3 is 9.72 Å². The fraction of sp³-hybridized carbons (Fsp3) is 0.286. The van der Waals surface area contributed by atoms with E-state index in [0.29, 0.717) is 5.56 Å². The number of esters is 1. The molecule has 0 radical (unpaired) electrons. The third-order valence-corrected chi connectivity index (χ3v) is 4.42. The van der Waals surface area contributed by atoms with Crippen molar-refractivity contribution in [2.24, 2.45) is 0 Å². The number of benzene rings is 1. The number of nitrogens with zero attached hydrogens (tertiary/aromatic N) is 1. The highest BCUT2D eigenvalue weighted by molar-refractivity contribution is 7.92. The SMILES string of the molecule is CCOC(=O)c1cnc(NS(=O)(=O)c2ccc(C)cc2C)[nH]1. The predicted octanol–water partition coefficient (Wildman–Crippen LogP) is 2.00. The number of sulfonamides is 1. The van der Waals surface area contributed by atoms with Crippen molar-refractivity contribution >= 4 is 21.9 Å². The first-order valence-electron chi connectivity index (χ1n) is 6.65. The normalized spacial score (nSPS) is 11.2. The lowest BCUT2D eigenvalue weighted by atomic mass is 10.2. The first-order valence-corrected chi connectivity index (χ1v) is 8.14. The molecule has 0 bridgehead atoms. The van der Waals surface area contributed by atoms with Gasteiger partial charge in [0, 0.05) is 0 Å². The first kappa shape index (κ1) is 16.0. The number of nitrogens with one attached hydrogen (secondary N) is 2. The molecule has 0 aliphatic heterocycles. The van der Waals surface area contributed by atoms with Crippen LogP contribution in [0.4, 0.5) is 5.95 Å². The monoisotopic (exact) mass is 323 g/mol. The van der Waals surface area contributed by atoms with Crippen molar-refractivity contribution in [2.45, 2.75) is 25.7 Å². The molecule has 118 valence electrons. The summed E-state index contributed by atoms with van der Waals surface area (Å²) in [6, 6.07) is 5.02. The van der Waals surface area contributed by atoms with Crippen LogP contribution in [0.25, 0.3) is 0 Å². The number of aromatic nitrogens is 2. The molecule has 8 heteroatoms. The third-order valence-electron chi connectivity index (χ3n) is 2.92. The second-order valence-corrected chi connectivity index (χ2v) is 6.39. The molecule has 2 aromatic rings. The van der Waals surface area contributed by atoms with Gasteiger partial charge in [-0.15, -0.1) is 0 Å². The molecular formula is C14H17N3O4S. The summed E-state index contributed by atoms with van der Waals surface area (Å²) in [4.78, 5) is 18.1. The number of rotatable bonds is 5. The minimum Gasteiger partial charge on any atom is -0.461 e. The van der Waals surface area contributed by atoms with Gasteiger partial charge in [0.15, 0.2) is 0 Å². The van der Waals surface area contributed by atoms with Gasteiger partial charge in [-0.25, -0.2) is 22.9 Å². The van der Waals surface area contributed by atoms with Gasteiger partial charge in [0.25, 0.3) is 10.0 Å². The number of anilines is 1. The van der Waals surface area contributed by atoms with E-state index in [2.05, 4.69) is 14.7 Å². The van der Waals surface area contributed by atoms with Crippen molar-refractivity contribution in [3.8, 4) is 0 Å². The molecule has 0 amide bonds. The van der Waals surface area contributed by atoms with Gasteiger partial charge >= 0.3 is 5.97 Å². The fourth-order valence-electron chi connectivity index (χ4n) is 1.97. The number of carbonyl (C=O) groups is 1. The molecule has 0 spiro atoms. The fourth-order valence-corrected chi connectivity index (χ4v) is 3.17. The van der Waals surface area contributed by atoms with Crippen LogP contribution >= 0.6 is 0 Å². The van der Waals surface area contributed by atoms with E-state index in [4.69, 9.17) is 4.74 Å². The lowest BCUT2D eigenvalue weighted by Crippen LogP contribution is -2.15. The second kappa shape index (κ2) is 6.18. The maximum Gasteiger partial charge on any atom is 0.356 e. The quantitative estimate of drug-likeness (QED) is 0.820. The van der Waals surface area contributed by atoms with E-state index in [0.717, 1.165) is 5.56 Å². The largest absolute Gasteiger partial charge is 0.461 e. The van der Waals surface area contributed by atoms with E-state index < -0.39 is 16.0 Å². The Morgan fingerprint density at radius 2 is 2.09 bits per heavy atom. The lowest BCUT2D eigenvalue weighted by Gasteiger charge is -2.08. The molecule has 7 nitrogen and oxygen atoms in total. The summed E-state index contributed by atoms with van der Waals surface area (Å²) in [5.41, 5.74) is 1.68. The van der Waals surface area contributed by atoms with Crippen molar-refractivity contribution in [1.29, 1.82) is 0 Å². The Labute approximate surface area is 128 Å². The highest BCUT2D eigenvalue weighted by Crippen LogP contribution is 2.19. The van der Waals surface area contributed by atoms with Gasteiger partial charge in [0.1, 0.15) is 5.69 Å². The summed E-state index contributed by atoms with van der Waals surface area (Å²) in [5, 5.41) is 0. The number of aryl methyl sites for hydroxylation is 2. The summed E-state index contributed by atoms with van der Waals surface area (Å²) in [6.45, 7) is 5.50. The van der Waals surface area contributed by atoms with Gasteiger partial charge in [-0.2, -0.15) is 0 Å². The Morgan fingerprint density at radius 1 is 1.36 bits per heavy atom. The van der Waals surface area contributed by atoms with Crippen molar-refractivity contribution in [1.82, 2.24) is 9.97 Å². The Kier molecular flexibility index (Phi) is 4.51. The van der Waals surface area contributed by atoms with Crippen LogP contribution in [-0.4, -0.2) is 31.0 Å². The van der Waals surface area contributed by atoms with Crippen molar-refractivity contribution in [3.05, 3.63) is 41.2 Å². The first-order chi connectivity index (χ1) is 10.3. The molecule has 2 N–H and O–H groups in total. The smallest absolute Gasteiger partial charge is 0.356 e. The number of aromatic amines is 1. The topological polar surface area (TPSA) is 101 Å². The lowest BCUT2D eigenvalue weighted by molar-refractivity contribution is 0.0520. The maximum atomic E-state index is 12.4. The zero-order valence-corrected chi connectivity index (χ0v) is 13.3. The second-order valence-electron chi connectivity index (χ2n) is 4.74. The summed E-state index contributed by atoms with van der Waals surface area (Å²) < 4.78 is 31.8. The van der Waals surface area contributed by atoms with Crippen LogP contribution in [0.2, 0.25) is 0 Å². The summed E-state index contributed by atoms with van der Waals surface area (Å²) in [6.07, 6.45) is 1.22. The molecule has 0 unspecified atom stereocenters. The Balaban J connectivity index is 2.24. The van der Waals surface area contributed by atoms with Crippen LogP contribution in [0.5, 0.6) is 0 Å². The molecule has 0 fully saturated rings. The third kappa shape index (κ3) is 3.45. The summed E-state index contributed by atoms with van der Waals surface area (Å²) in [7, 11) is -3.78. The number of hydrogen-bond acceptors (Lipinski definition) is 5. The van der Waals surface area contributed by atoms with E-state index >= 15 is 0 Å². The number of hydrogen-bond donors (Lipinski definition) is 2. The van der Waals surface area contributed by atoms with Crippen LogP contribution in [0.15, 0.2) is 29.3 Å². The molecule has 2 rings (SSSR count). The highest BCUT2D eigenvalue weighted by Gasteiger charge is 2.19. The van der Waals surface area contributed by atoms with E-state index in [9.17, 15) is 13.2 Å². The van der Waals surface area contributed by atoms with E-state index in [-0.39, 0.29) is 23.1 Å². The van der Waals surface area contributed by atoms with E-state index in [1.807, 2.05) is 6.92 Å². The number of imidazole rings is 1. The van der Waals surface area contributed by atoms with Gasteiger partial charge in [0.2, 0.25) is 5.95 Å². The van der Waals surface area contributed by atoms with Crippen molar-refractivity contribution in [2.75, 3.05) is 11.3 Å². The van der Waals surface area contributed by atoms with Crippen molar-refractivity contribution in [3.63, 3.8) is 0 Å². The minimum atomic E-state index is -3.78. The van der Waals surface area contributed by atoms with Gasteiger partial charge in [-0.05, 0) is 32.4 Å². The number of H-pyrrole nitrogens is 1. The zero-order valence-electron chi connectivity index (χ0n) is 12.5. The molecule has 1 heterocycles. The van der Waals surface area contributed by atoms with E-state index in [1.54, 1.807) is 26.0 Å². The molecule has 1 aromatic carbocycles. The molecule has 1 aromatic heterocycles. The highest BCUT2D eigenvalue weighted by atomic mass is 32.2. The van der Waals surface area contributed by atoms with Crippen molar-refractivity contribution < 1.29 is 17.9 Å². The van der Waals surface area contributed by atoms with Crippen LogP contribution in [0.3, 0.4) is 0 Å². The molecule has 0 aliphatic rings. The Bertz CT molecular complexity index is 796. The van der Waals surface area contributed by atoms with Crippen LogP contribution in [0, 0.1) is 13.8 Å². The summed E-state index contributed by atoms with van der Waals surface area (Å²) in [5.74, 6) is -0.630. The standard InChI is InChI=1S/C14H17N3O4S/c1-4-21-13(18)11-8-15-14(16-11)17-22(19,20)12-6-5-9(2)7-10(12)3/h5-8H,4H2,1-3H3,(H2,15,16,17). The van der Waals surface area contributed by atoms with Crippen LogP contribution < -0.4 is 4.72 Å². The predicted molar refractivity (Wildman–Crippen MR) is 81.3 cm³/mol. The van der Waals surface area contributed by atoms with Crippen LogP contribution in [0.1, 0.15) is 28.5 Å². The number of ether oxygens (including phenoxy) is 1. The molecule has 22 heavy (non-hydrogen) atoms. The number of carbonyl (C=O) groups excluding carboxylic acids is 1. The van der Waals surface area contributed by atoms with Gasteiger partial charge in [0.05, 0.1) is 17.7 Å². The molecular weight excluding hydrogens is 306 g/mol. The molecule has 0 saturated carbocycles. The van der Waals surface area contributed by atoms with Gasteiger partial charge in [-0.1, -0.05) is 17.7 Å². The maximum absolute atomic E-state index is 12.4.